The van der Waals surface area contributed by atoms with Crippen molar-refractivity contribution in [1.29, 1.82) is 0 Å². The number of nitrogens with zero attached hydrogens (tertiary/aromatic N) is 4. The summed E-state index contributed by atoms with van der Waals surface area (Å²) in [4.78, 5) is 15.9. The highest BCUT2D eigenvalue weighted by Crippen LogP contribution is 2.38. The maximum atomic E-state index is 12.2. The fourth-order valence-electron chi connectivity index (χ4n) is 4.25. The van der Waals surface area contributed by atoms with Gasteiger partial charge in [0.05, 0.1) is 11.9 Å². The van der Waals surface area contributed by atoms with Crippen LogP contribution >= 0.6 is 0 Å². The fourth-order valence-corrected chi connectivity index (χ4v) is 4.25. The Kier molecular flexibility index (Phi) is 3.59. The molecule has 1 fully saturated rings. The number of aromatic nitrogens is 3. The van der Waals surface area contributed by atoms with Gasteiger partial charge in [-0.05, 0) is 61.8 Å². The Hall–Kier alpha value is -2.21. The van der Waals surface area contributed by atoms with Crippen LogP contribution in [0.3, 0.4) is 0 Å². The third-order valence-corrected chi connectivity index (χ3v) is 5.49. The zero-order chi connectivity index (χ0) is 16.8. The van der Waals surface area contributed by atoms with E-state index in [1.807, 2.05) is 11.1 Å². The molecule has 1 saturated heterocycles. The first-order chi connectivity index (χ1) is 12.3. The molecule has 1 aromatic carbocycles. The van der Waals surface area contributed by atoms with Crippen LogP contribution in [0.2, 0.25) is 0 Å². The molecular weight excluding hydrogens is 316 g/mol. The highest BCUT2D eigenvalue weighted by Gasteiger charge is 2.30. The molecule has 1 unspecified atom stereocenters. The number of hydrogen-bond acceptors (Lipinski definition) is 4. The summed E-state index contributed by atoms with van der Waals surface area (Å²) in [5.41, 5.74) is 5.70. The molecule has 4 heterocycles. The number of carbonyl (C=O) groups excluding carboxylic acids is 1. The molecule has 6 nitrogen and oxygen atoms in total. The Morgan fingerprint density at radius 1 is 1.08 bits per heavy atom. The average Bonchev–Trinajstić information content (AvgIpc) is 3.15. The van der Waals surface area contributed by atoms with Gasteiger partial charge in [0.15, 0.2) is 6.23 Å². The summed E-state index contributed by atoms with van der Waals surface area (Å²) in [6.45, 7) is 1.64. The summed E-state index contributed by atoms with van der Waals surface area (Å²) in [6, 6.07) is 4.39. The maximum absolute atomic E-state index is 12.2. The molecule has 0 radical (unpaired) electrons. The third-order valence-electron chi connectivity index (χ3n) is 5.49. The number of benzene rings is 1. The van der Waals surface area contributed by atoms with Crippen molar-refractivity contribution in [3.8, 4) is 11.3 Å². The van der Waals surface area contributed by atoms with E-state index >= 15 is 0 Å². The van der Waals surface area contributed by atoms with Gasteiger partial charge < -0.3 is 9.64 Å². The van der Waals surface area contributed by atoms with Gasteiger partial charge in [-0.15, -0.1) is 0 Å². The monoisotopic (exact) mass is 338 g/mol. The fraction of sp³-hybridized carbons (Fsp3) is 0.526. The zero-order valence-electron chi connectivity index (χ0n) is 14.3. The normalized spacial score (nSPS) is 22.8. The molecule has 130 valence electrons. The molecule has 6 heteroatoms. The van der Waals surface area contributed by atoms with E-state index < -0.39 is 0 Å². The lowest BCUT2D eigenvalue weighted by atomic mass is 9.89. The van der Waals surface area contributed by atoms with Crippen LogP contribution in [0, 0.1) is 0 Å². The van der Waals surface area contributed by atoms with Crippen LogP contribution in [0.1, 0.15) is 49.5 Å². The van der Waals surface area contributed by atoms with Gasteiger partial charge in [-0.3, -0.25) is 4.79 Å². The Morgan fingerprint density at radius 3 is 2.80 bits per heavy atom. The van der Waals surface area contributed by atoms with Gasteiger partial charge in [-0.2, -0.15) is 15.0 Å². The summed E-state index contributed by atoms with van der Waals surface area (Å²) < 4.78 is 5.78. The second-order valence-corrected chi connectivity index (χ2v) is 7.16. The summed E-state index contributed by atoms with van der Waals surface area (Å²) >= 11 is 0. The Morgan fingerprint density at radius 2 is 1.96 bits per heavy atom. The number of aryl methyl sites for hydroxylation is 2. The number of anilines is 1. The lowest BCUT2D eigenvalue weighted by Crippen LogP contribution is -2.39. The number of carbonyl (C=O) groups is 1. The highest BCUT2D eigenvalue weighted by molar-refractivity contribution is 5.98. The van der Waals surface area contributed by atoms with Crippen LogP contribution in [0.4, 0.5) is 5.69 Å². The molecule has 0 bridgehead atoms. The van der Waals surface area contributed by atoms with Crippen LogP contribution in [0.15, 0.2) is 18.3 Å². The second-order valence-electron chi connectivity index (χ2n) is 7.16. The molecule has 0 N–H and O–H groups in total. The topological polar surface area (TPSA) is 60.3 Å². The molecule has 3 aliphatic rings. The van der Waals surface area contributed by atoms with Crippen LogP contribution in [0.5, 0.6) is 0 Å². The van der Waals surface area contributed by atoms with E-state index in [9.17, 15) is 4.79 Å². The van der Waals surface area contributed by atoms with Crippen LogP contribution in [-0.4, -0.2) is 34.1 Å². The minimum Gasteiger partial charge on any atom is -0.355 e. The van der Waals surface area contributed by atoms with Crippen molar-refractivity contribution < 1.29 is 9.53 Å². The van der Waals surface area contributed by atoms with E-state index in [1.54, 1.807) is 4.80 Å². The number of rotatable bonds is 2. The summed E-state index contributed by atoms with van der Waals surface area (Å²) in [5.74, 6) is 0.265. The van der Waals surface area contributed by atoms with Crippen LogP contribution in [-0.2, 0) is 22.4 Å². The van der Waals surface area contributed by atoms with Crippen molar-refractivity contribution in [2.45, 2.75) is 51.2 Å². The Balaban J connectivity index is 1.51. The first-order valence-corrected chi connectivity index (χ1v) is 9.29. The van der Waals surface area contributed by atoms with E-state index in [0.717, 1.165) is 68.6 Å². The van der Waals surface area contributed by atoms with E-state index in [4.69, 9.17) is 4.74 Å². The van der Waals surface area contributed by atoms with Gasteiger partial charge in [-0.1, -0.05) is 0 Å². The van der Waals surface area contributed by atoms with Crippen molar-refractivity contribution >= 4 is 11.6 Å². The number of ether oxygens (including phenoxy) is 1. The van der Waals surface area contributed by atoms with E-state index in [-0.39, 0.29) is 12.1 Å². The van der Waals surface area contributed by atoms with Crippen LogP contribution in [0.25, 0.3) is 11.3 Å². The minimum absolute atomic E-state index is 0.0356. The molecule has 3 aliphatic heterocycles. The maximum Gasteiger partial charge on any atom is 0.227 e. The first-order valence-electron chi connectivity index (χ1n) is 9.29. The lowest BCUT2D eigenvalue weighted by Gasteiger charge is -2.35. The van der Waals surface area contributed by atoms with Crippen molar-refractivity contribution in [1.82, 2.24) is 15.0 Å². The zero-order valence-corrected chi connectivity index (χ0v) is 14.3. The average molecular weight is 338 g/mol. The summed E-state index contributed by atoms with van der Waals surface area (Å²) in [6.07, 6.45) is 8.55. The molecule has 1 aromatic heterocycles. The molecule has 0 saturated carbocycles. The van der Waals surface area contributed by atoms with Crippen molar-refractivity contribution in [2.24, 2.45) is 0 Å². The molecule has 25 heavy (non-hydrogen) atoms. The van der Waals surface area contributed by atoms with Gasteiger partial charge in [0.1, 0.15) is 5.69 Å². The molecule has 2 aromatic rings. The summed E-state index contributed by atoms with van der Waals surface area (Å²) in [5, 5.41) is 9.12. The molecule has 5 rings (SSSR count). The van der Waals surface area contributed by atoms with Crippen molar-refractivity contribution in [3.05, 3.63) is 29.5 Å². The first kappa shape index (κ1) is 15.1. The lowest BCUT2D eigenvalue weighted by molar-refractivity contribution is -0.119. The molecule has 0 spiro atoms. The van der Waals surface area contributed by atoms with Gasteiger partial charge in [0.2, 0.25) is 5.91 Å². The second kappa shape index (κ2) is 5.95. The van der Waals surface area contributed by atoms with E-state index in [1.165, 1.54) is 11.1 Å². The predicted molar refractivity (Wildman–Crippen MR) is 93.3 cm³/mol. The molecule has 1 atom stereocenters. The van der Waals surface area contributed by atoms with E-state index in [2.05, 4.69) is 22.3 Å². The Labute approximate surface area is 146 Å². The number of hydrogen-bond donors (Lipinski definition) is 0. The number of amides is 1. The Bertz CT molecular complexity index is 806. The third kappa shape index (κ3) is 2.56. The molecular formula is C19H22N4O2. The minimum atomic E-state index is -0.0356. The van der Waals surface area contributed by atoms with Crippen molar-refractivity contribution in [2.75, 3.05) is 18.1 Å². The highest BCUT2D eigenvalue weighted by atomic mass is 16.5. The van der Waals surface area contributed by atoms with Gasteiger partial charge in [0, 0.05) is 25.1 Å². The van der Waals surface area contributed by atoms with Crippen molar-refractivity contribution in [3.63, 3.8) is 0 Å². The smallest absolute Gasteiger partial charge is 0.227 e. The largest absolute Gasteiger partial charge is 0.355 e. The van der Waals surface area contributed by atoms with E-state index in [0.29, 0.717) is 6.42 Å². The quantitative estimate of drug-likeness (QED) is 0.845. The van der Waals surface area contributed by atoms with Gasteiger partial charge in [0.25, 0.3) is 0 Å². The standard InChI is InChI=1S/C19H22N4O2/c24-17-7-6-14-11-15(10-13-4-3-8-22(17)19(13)14)16-12-20-23(21-16)18-5-1-2-9-25-18/h10-12,18H,1-9H2. The van der Waals surface area contributed by atoms with Gasteiger partial charge in [-0.25, -0.2) is 0 Å². The molecule has 0 aliphatic carbocycles. The SMILES string of the molecule is O=C1CCc2cc(-c3cnn(C4CCCCO4)n3)cc3c2N1CCC3. The van der Waals surface area contributed by atoms with Gasteiger partial charge >= 0.3 is 0 Å². The predicted octanol–water partition coefficient (Wildman–Crippen LogP) is 2.87. The molecule has 1 amide bonds. The van der Waals surface area contributed by atoms with Crippen LogP contribution < -0.4 is 4.90 Å². The summed E-state index contributed by atoms with van der Waals surface area (Å²) in [7, 11) is 0.